The highest BCUT2D eigenvalue weighted by Crippen LogP contribution is 2.25. The molecule has 5 rings (SSSR count). The average Bonchev–Trinajstić information content (AvgIpc) is 3.26. The molecular formula is C26H21Cl2N5O3. The lowest BCUT2D eigenvalue weighted by atomic mass is 10.2. The van der Waals surface area contributed by atoms with Gasteiger partial charge in [-0.15, -0.1) is 0 Å². The largest absolute Gasteiger partial charge is 0.329 e. The van der Waals surface area contributed by atoms with Crippen LogP contribution < -0.4 is 10.9 Å². The topological polar surface area (TPSA) is 89.2 Å². The molecule has 0 bridgehead atoms. The molecule has 2 aromatic heterocycles. The van der Waals surface area contributed by atoms with Crippen molar-refractivity contribution in [2.24, 2.45) is 0 Å². The Labute approximate surface area is 216 Å². The molecule has 0 aliphatic carbocycles. The van der Waals surface area contributed by atoms with Crippen LogP contribution >= 0.6 is 23.2 Å². The standard InChI is InChI=1S/C26H21Cl2N5O3/c1-14-10-18(15(2)32(14)33-16(3)29-22-7-5-4-6-19(22)24(33)34)12-23-25(35)31(26(36)30-23)13-17-8-9-20(27)21(28)11-17/h4-12H,13H2,1-3H3,(H,30,36). The molecule has 1 saturated heterocycles. The number of hydrogen-bond donors (Lipinski definition) is 1. The Morgan fingerprint density at radius 3 is 2.44 bits per heavy atom. The SMILES string of the molecule is Cc1cc(C=C2NC(=O)N(Cc3ccc(Cl)c(Cl)c3)C2=O)c(C)n1-n1c(C)nc2ccccc2c1=O. The fourth-order valence-corrected chi connectivity index (χ4v) is 4.71. The van der Waals surface area contributed by atoms with Gasteiger partial charge in [-0.25, -0.2) is 9.78 Å². The number of urea groups is 1. The van der Waals surface area contributed by atoms with Gasteiger partial charge in [0.15, 0.2) is 0 Å². The highest BCUT2D eigenvalue weighted by molar-refractivity contribution is 6.42. The quantitative estimate of drug-likeness (QED) is 0.307. The number of rotatable bonds is 4. The van der Waals surface area contributed by atoms with Crippen molar-refractivity contribution in [2.75, 3.05) is 0 Å². The van der Waals surface area contributed by atoms with Crippen molar-refractivity contribution in [1.29, 1.82) is 0 Å². The summed E-state index contributed by atoms with van der Waals surface area (Å²) in [5, 5.41) is 3.89. The van der Waals surface area contributed by atoms with E-state index in [1.54, 1.807) is 54.1 Å². The van der Waals surface area contributed by atoms with Gasteiger partial charge >= 0.3 is 6.03 Å². The zero-order valence-corrected chi connectivity index (χ0v) is 21.2. The second kappa shape index (κ2) is 8.96. The molecule has 4 aromatic rings. The van der Waals surface area contributed by atoms with Crippen LogP contribution in [0.4, 0.5) is 4.79 Å². The number of benzene rings is 2. The maximum absolute atomic E-state index is 13.3. The fourth-order valence-electron chi connectivity index (χ4n) is 4.39. The van der Waals surface area contributed by atoms with Gasteiger partial charge < -0.3 is 5.32 Å². The van der Waals surface area contributed by atoms with Crippen LogP contribution in [0.3, 0.4) is 0 Å². The van der Waals surface area contributed by atoms with Crippen molar-refractivity contribution < 1.29 is 9.59 Å². The highest BCUT2D eigenvalue weighted by atomic mass is 35.5. The summed E-state index contributed by atoms with van der Waals surface area (Å²) in [6.45, 7) is 5.53. The van der Waals surface area contributed by atoms with Gasteiger partial charge in [-0.1, -0.05) is 41.4 Å². The third-order valence-corrected chi connectivity index (χ3v) is 6.88. The van der Waals surface area contributed by atoms with Crippen LogP contribution in [0.25, 0.3) is 17.0 Å². The predicted octanol–water partition coefficient (Wildman–Crippen LogP) is 4.83. The minimum absolute atomic E-state index is 0.0509. The first-order valence-electron chi connectivity index (χ1n) is 11.1. The number of aryl methyl sites for hydroxylation is 2. The van der Waals surface area contributed by atoms with Crippen molar-refractivity contribution in [1.82, 2.24) is 24.6 Å². The Kier molecular flexibility index (Phi) is 5.94. The summed E-state index contributed by atoms with van der Waals surface area (Å²) in [4.78, 5) is 44.6. The number of aromatic nitrogens is 3. The molecule has 1 aliphatic rings. The molecule has 8 nitrogen and oxygen atoms in total. The molecule has 3 amide bonds. The van der Waals surface area contributed by atoms with Crippen molar-refractivity contribution >= 4 is 52.1 Å². The summed E-state index contributed by atoms with van der Waals surface area (Å²) >= 11 is 12.0. The average molecular weight is 522 g/mol. The van der Waals surface area contributed by atoms with Crippen LogP contribution in [0.15, 0.2) is 59.0 Å². The minimum atomic E-state index is -0.531. The first kappa shape index (κ1) is 23.8. The van der Waals surface area contributed by atoms with Gasteiger partial charge in [0, 0.05) is 11.4 Å². The number of amides is 3. The van der Waals surface area contributed by atoms with Crippen LogP contribution in [0.1, 0.15) is 28.3 Å². The van der Waals surface area contributed by atoms with E-state index >= 15 is 0 Å². The minimum Gasteiger partial charge on any atom is -0.303 e. The molecule has 1 aliphatic heterocycles. The van der Waals surface area contributed by atoms with E-state index in [0.717, 1.165) is 10.6 Å². The molecule has 182 valence electrons. The predicted molar refractivity (Wildman–Crippen MR) is 139 cm³/mol. The molecule has 36 heavy (non-hydrogen) atoms. The highest BCUT2D eigenvalue weighted by Gasteiger charge is 2.34. The smallest absolute Gasteiger partial charge is 0.303 e. The first-order chi connectivity index (χ1) is 17.2. The fraction of sp³-hybridized carbons (Fsp3) is 0.154. The molecular weight excluding hydrogens is 501 g/mol. The number of carbonyl (C=O) groups excluding carboxylic acids is 2. The molecule has 0 unspecified atom stereocenters. The van der Waals surface area contributed by atoms with Gasteiger partial charge in [0.2, 0.25) is 0 Å². The van der Waals surface area contributed by atoms with Crippen LogP contribution in [0, 0.1) is 20.8 Å². The maximum atomic E-state index is 13.3. The summed E-state index contributed by atoms with van der Waals surface area (Å²) in [7, 11) is 0. The number of para-hydroxylation sites is 1. The molecule has 0 spiro atoms. The van der Waals surface area contributed by atoms with E-state index < -0.39 is 11.9 Å². The Balaban J connectivity index is 1.51. The molecule has 10 heteroatoms. The van der Waals surface area contributed by atoms with E-state index in [-0.39, 0.29) is 17.8 Å². The van der Waals surface area contributed by atoms with Gasteiger partial charge in [-0.3, -0.25) is 19.2 Å². The van der Waals surface area contributed by atoms with Crippen LogP contribution in [-0.2, 0) is 11.3 Å². The van der Waals surface area contributed by atoms with Gasteiger partial charge in [-0.05, 0) is 68.3 Å². The maximum Gasteiger partial charge on any atom is 0.329 e. The summed E-state index contributed by atoms with van der Waals surface area (Å²) in [5.41, 5.74) is 3.41. The van der Waals surface area contributed by atoms with E-state index in [1.165, 1.54) is 4.68 Å². The van der Waals surface area contributed by atoms with Crippen molar-refractivity contribution in [3.63, 3.8) is 0 Å². The summed E-state index contributed by atoms with van der Waals surface area (Å²) in [5.74, 6) is 0.0642. The molecule has 0 saturated carbocycles. The van der Waals surface area contributed by atoms with Gasteiger partial charge in [0.25, 0.3) is 11.5 Å². The number of hydrogen-bond acceptors (Lipinski definition) is 4. The van der Waals surface area contributed by atoms with Crippen molar-refractivity contribution in [3.8, 4) is 0 Å². The van der Waals surface area contributed by atoms with Crippen molar-refractivity contribution in [2.45, 2.75) is 27.3 Å². The molecule has 1 fully saturated rings. The number of nitrogens with zero attached hydrogens (tertiary/aromatic N) is 4. The third-order valence-electron chi connectivity index (χ3n) is 6.14. The lowest BCUT2D eigenvalue weighted by molar-refractivity contribution is -0.123. The number of carbonyl (C=O) groups is 2. The van der Waals surface area contributed by atoms with E-state index in [0.29, 0.717) is 43.6 Å². The normalized spacial score (nSPS) is 14.8. The lowest BCUT2D eigenvalue weighted by Crippen LogP contribution is -2.30. The van der Waals surface area contributed by atoms with Crippen LogP contribution in [-0.4, -0.2) is 31.2 Å². The Morgan fingerprint density at radius 1 is 0.944 bits per heavy atom. The zero-order chi connectivity index (χ0) is 25.7. The number of nitrogens with one attached hydrogen (secondary N) is 1. The summed E-state index contributed by atoms with van der Waals surface area (Å²) in [6, 6.07) is 13.5. The van der Waals surface area contributed by atoms with Gasteiger partial charge in [0.05, 0.1) is 27.5 Å². The van der Waals surface area contributed by atoms with E-state index in [2.05, 4.69) is 10.3 Å². The number of fused-ring (bicyclic) bond motifs is 1. The van der Waals surface area contributed by atoms with Gasteiger partial charge in [0.1, 0.15) is 11.5 Å². The second-order valence-electron chi connectivity index (χ2n) is 8.56. The monoisotopic (exact) mass is 521 g/mol. The van der Waals surface area contributed by atoms with Crippen LogP contribution in [0.5, 0.6) is 0 Å². The Hall–Kier alpha value is -3.88. The van der Waals surface area contributed by atoms with Crippen molar-refractivity contribution in [3.05, 3.63) is 103 Å². The van der Waals surface area contributed by atoms with Gasteiger partial charge in [-0.2, -0.15) is 4.68 Å². The zero-order valence-electron chi connectivity index (χ0n) is 19.7. The Bertz CT molecular complexity index is 1670. The molecule has 1 N–H and O–H groups in total. The summed E-state index contributed by atoms with van der Waals surface area (Å²) in [6.07, 6.45) is 1.61. The third kappa shape index (κ3) is 3.98. The first-order valence-corrected chi connectivity index (χ1v) is 11.9. The van der Waals surface area contributed by atoms with Crippen LogP contribution in [0.2, 0.25) is 10.0 Å². The second-order valence-corrected chi connectivity index (χ2v) is 9.37. The lowest BCUT2D eigenvalue weighted by Gasteiger charge is -2.16. The van der Waals surface area contributed by atoms with E-state index in [4.69, 9.17) is 23.2 Å². The summed E-state index contributed by atoms with van der Waals surface area (Å²) < 4.78 is 3.28. The Morgan fingerprint density at radius 2 is 1.69 bits per heavy atom. The molecule has 0 atom stereocenters. The molecule has 3 heterocycles. The van der Waals surface area contributed by atoms with E-state index in [9.17, 15) is 14.4 Å². The number of halogens is 2. The number of imide groups is 1. The van der Waals surface area contributed by atoms with E-state index in [1.807, 2.05) is 26.0 Å². The molecule has 2 aromatic carbocycles. The molecule has 0 radical (unpaired) electrons.